The van der Waals surface area contributed by atoms with Crippen molar-refractivity contribution in [2.24, 2.45) is 11.8 Å². The number of hydrogen-bond acceptors (Lipinski definition) is 5. The Morgan fingerprint density at radius 2 is 1.68 bits per heavy atom. The second kappa shape index (κ2) is 11.7. The highest BCUT2D eigenvalue weighted by atomic mass is 16.2. The maximum absolute atomic E-state index is 13.7. The van der Waals surface area contributed by atoms with Crippen molar-refractivity contribution in [3.8, 4) is 0 Å². The molecule has 1 saturated carbocycles. The van der Waals surface area contributed by atoms with E-state index in [4.69, 9.17) is 0 Å². The highest BCUT2D eigenvalue weighted by molar-refractivity contribution is 6.01. The Morgan fingerprint density at radius 3 is 2.30 bits per heavy atom. The van der Waals surface area contributed by atoms with Gasteiger partial charge in [-0.1, -0.05) is 33.1 Å². The summed E-state index contributed by atoms with van der Waals surface area (Å²) in [7, 11) is 3.87. The summed E-state index contributed by atoms with van der Waals surface area (Å²) in [5, 5.41) is 2.94. The van der Waals surface area contributed by atoms with Crippen molar-refractivity contribution in [2.45, 2.75) is 83.3 Å². The van der Waals surface area contributed by atoms with Gasteiger partial charge in [0.2, 0.25) is 11.8 Å². The molecule has 1 N–H and O–H groups in total. The van der Waals surface area contributed by atoms with Crippen LogP contribution < -0.4 is 10.2 Å². The Bertz CT molecular complexity index is 1000. The van der Waals surface area contributed by atoms with Crippen LogP contribution in [0.1, 0.15) is 75.6 Å². The first-order valence-corrected chi connectivity index (χ1v) is 13.9. The number of fused-ring (bicyclic) bond motifs is 1. The number of Topliss-reactive ketones (excluding diaryl/α,β-unsaturated/α-hetero) is 1. The van der Waals surface area contributed by atoms with Crippen LogP contribution in [0.2, 0.25) is 0 Å². The van der Waals surface area contributed by atoms with E-state index in [0.717, 1.165) is 18.5 Å². The lowest BCUT2D eigenvalue weighted by atomic mass is 9.86. The Morgan fingerprint density at radius 1 is 1.00 bits per heavy atom. The fourth-order valence-corrected chi connectivity index (χ4v) is 6.19. The molecule has 4 rings (SSSR count). The summed E-state index contributed by atoms with van der Waals surface area (Å²) in [5.41, 5.74) is 1.47. The molecule has 3 aliphatic rings. The zero-order valence-electron chi connectivity index (χ0n) is 22.7. The first-order chi connectivity index (χ1) is 17.7. The average Bonchev–Trinajstić information content (AvgIpc) is 3.45. The van der Waals surface area contributed by atoms with E-state index in [9.17, 15) is 19.2 Å². The number of nitrogens with one attached hydrogen (secondary N) is 1. The number of ketones is 1. The monoisotopic (exact) mass is 510 g/mol. The van der Waals surface area contributed by atoms with Gasteiger partial charge in [0.15, 0.2) is 5.78 Å². The van der Waals surface area contributed by atoms with Crippen molar-refractivity contribution in [1.82, 2.24) is 15.1 Å². The van der Waals surface area contributed by atoms with E-state index in [1.54, 1.807) is 21.9 Å². The number of carbonyl (C=O) groups is 4. The largest absolute Gasteiger partial charge is 0.378 e. The minimum absolute atomic E-state index is 0.0512. The first kappa shape index (κ1) is 27.1. The van der Waals surface area contributed by atoms with Gasteiger partial charge < -0.3 is 20.0 Å². The predicted molar refractivity (Wildman–Crippen MR) is 143 cm³/mol. The number of likely N-dealkylation sites (tertiary alicyclic amines) is 2. The minimum atomic E-state index is -0.723. The van der Waals surface area contributed by atoms with Crippen LogP contribution in [0.3, 0.4) is 0 Å². The molecule has 2 saturated heterocycles. The van der Waals surface area contributed by atoms with Crippen LogP contribution in [-0.4, -0.2) is 78.6 Å². The molecular formula is C29H42N4O4. The molecule has 37 heavy (non-hydrogen) atoms. The Labute approximate surface area is 220 Å². The van der Waals surface area contributed by atoms with Crippen LogP contribution in [0.5, 0.6) is 0 Å². The first-order valence-electron chi connectivity index (χ1n) is 13.9. The fourth-order valence-electron chi connectivity index (χ4n) is 6.19. The Hall–Kier alpha value is -2.90. The number of nitrogens with zero attached hydrogens (tertiary/aromatic N) is 3. The highest BCUT2D eigenvalue weighted by Crippen LogP contribution is 2.33. The van der Waals surface area contributed by atoms with Crippen LogP contribution in [-0.2, 0) is 14.4 Å². The molecule has 3 fully saturated rings. The maximum atomic E-state index is 13.7. The molecule has 202 valence electrons. The van der Waals surface area contributed by atoms with Crippen molar-refractivity contribution >= 4 is 29.2 Å². The van der Waals surface area contributed by atoms with Crippen molar-refractivity contribution < 1.29 is 19.2 Å². The maximum Gasteiger partial charge on any atom is 0.251 e. The third kappa shape index (κ3) is 6.16. The molecule has 2 unspecified atom stereocenters. The van der Waals surface area contributed by atoms with Crippen molar-refractivity contribution in [2.75, 3.05) is 32.1 Å². The van der Waals surface area contributed by atoms with Crippen molar-refractivity contribution in [3.63, 3.8) is 0 Å². The molecule has 3 atom stereocenters. The lowest BCUT2D eigenvalue weighted by molar-refractivity contribution is -0.138. The number of carbonyl (C=O) groups excluding carboxylic acids is 4. The van der Waals surface area contributed by atoms with Crippen LogP contribution in [0.25, 0.3) is 0 Å². The smallest absolute Gasteiger partial charge is 0.251 e. The lowest BCUT2D eigenvalue weighted by Crippen LogP contribution is -2.53. The third-order valence-corrected chi connectivity index (χ3v) is 8.17. The second-order valence-corrected chi connectivity index (χ2v) is 11.6. The summed E-state index contributed by atoms with van der Waals surface area (Å²) in [5.74, 6) is 0.0389. The van der Waals surface area contributed by atoms with Crippen molar-refractivity contribution in [1.29, 1.82) is 0 Å². The van der Waals surface area contributed by atoms with Gasteiger partial charge in [-0.3, -0.25) is 19.2 Å². The van der Waals surface area contributed by atoms with Gasteiger partial charge >= 0.3 is 0 Å². The van der Waals surface area contributed by atoms with E-state index in [1.165, 1.54) is 19.3 Å². The zero-order valence-corrected chi connectivity index (χ0v) is 22.7. The summed E-state index contributed by atoms with van der Waals surface area (Å²) in [6, 6.07) is 5.67. The van der Waals surface area contributed by atoms with E-state index >= 15 is 0 Å². The van der Waals surface area contributed by atoms with E-state index < -0.39 is 12.1 Å². The minimum Gasteiger partial charge on any atom is -0.378 e. The molecule has 1 aromatic carbocycles. The standard InChI is InChI=1S/C29H42N4O4/c1-19(2)16-23(30-28(36)21-10-12-22(13-11-21)31(3)4)29(37)32-15-14-24-27(32)25(34)18-33(24)26(35)17-20-8-6-5-7-9-20/h10-13,19-20,23-24,27H,5-9,14-18H2,1-4H3,(H,30,36)/t23-,24?,27?/m0/s1. The summed E-state index contributed by atoms with van der Waals surface area (Å²) in [6.07, 6.45) is 7.34. The molecule has 2 heterocycles. The summed E-state index contributed by atoms with van der Waals surface area (Å²) in [4.78, 5) is 58.3. The topological polar surface area (TPSA) is 90.0 Å². The van der Waals surface area contributed by atoms with E-state index in [0.29, 0.717) is 37.3 Å². The summed E-state index contributed by atoms with van der Waals surface area (Å²) < 4.78 is 0. The number of amides is 3. The molecule has 2 aliphatic heterocycles. The van der Waals surface area contributed by atoms with Gasteiger partial charge in [0.1, 0.15) is 12.1 Å². The predicted octanol–water partition coefficient (Wildman–Crippen LogP) is 3.25. The molecule has 0 radical (unpaired) electrons. The highest BCUT2D eigenvalue weighted by Gasteiger charge is 2.52. The van der Waals surface area contributed by atoms with Gasteiger partial charge in [-0.15, -0.1) is 0 Å². The molecule has 8 heteroatoms. The number of anilines is 1. The molecule has 0 spiro atoms. The summed E-state index contributed by atoms with van der Waals surface area (Å²) >= 11 is 0. The molecule has 0 aromatic heterocycles. The van der Waals surface area contributed by atoms with E-state index in [2.05, 4.69) is 5.32 Å². The van der Waals surface area contributed by atoms with Gasteiger partial charge in [-0.05, 0) is 61.8 Å². The Kier molecular flexibility index (Phi) is 8.55. The van der Waals surface area contributed by atoms with E-state index in [1.807, 2.05) is 45.0 Å². The van der Waals surface area contributed by atoms with Crippen molar-refractivity contribution in [3.05, 3.63) is 29.8 Å². The van der Waals surface area contributed by atoms with E-state index in [-0.39, 0.29) is 42.0 Å². The molecule has 1 aromatic rings. The number of rotatable bonds is 8. The van der Waals surface area contributed by atoms with Crippen LogP contribution in [0.15, 0.2) is 24.3 Å². The SMILES string of the molecule is CC(C)C[C@H](NC(=O)c1ccc(N(C)C)cc1)C(=O)N1CCC2C1C(=O)CN2C(=O)CC1CCCCC1. The normalized spacial score (nSPS) is 22.8. The van der Waals surface area contributed by atoms with Crippen LogP contribution in [0, 0.1) is 11.8 Å². The zero-order chi connectivity index (χ0) is 26.7. The van der Waals surface area contributed by atoms with Gasteiger partial charge in [0.05, 0.1) is 12.6 Å². The second-order valence-electron chi connectivity index (χ2n) is 11.6. The molecule has 0 bridgehead atoms. The summed E-state index contributed by atoms with van der Waals surface area (Å²) in [6.45, 7) is 4.54. The van der Waals surface area contributed by atoms with Gasteiger partial charge in [0, 0.05) is 38.3 Å². The molecule has 8 nitrogen and oxygen atoms in total. The molecular weight excluding hydrogens is 468 g/mol. The van der Waals surface area contributed by atoms with Gasteiger partial charge in [0.25, 0.3) is 5.91 Å². The van der Waals surface area contributed by atoms with Gasteiger partial charge in [-0.25, -0.2) is 0 Å². The lowest BCUT2D eigenvalue weighted by Gasteiger charge is -2.29. The number of hydrogen-bond donors (Lipinski definition) is 1. The van der Waals surface area contributed by atoms with Crippen LogP contribution in [0.4, 0.5) is 5.69 Å². The quantitative estimate of drug-likeness (QED) is 0.580. The van der Waals surface area contributed by atoms with Crippen LogP contribution >= 0.6 is 0 Å². The molecule has 1 aliphatic carbocycles. The molecule has 3 amide bonds. The number of benzene rings is 1. The third-order valence-electron chi connectivity index (χ3n) is 8.17. The van der Waals surface area contributed by atoms with Gasteiger partial charge in [-0.2, -0.15) is 0 Å². The fraction of sp³-hybridized carbons (Fsp3) is 0.655. The Balaban J connectivity index is 1.43. The average molecular weight is 511 g/mol.